The topological polar surface area (TPSA) is 58.4 Å². The molecule has 19 heavy (non-hydrogen) atoms. The number of hydrogen-bond donors (Lipinski definition) is 1. The van der Waals surface area contributed by atoms with Gasteiger partial charge in [0.1, 0.15) is 0 Å². The number of benzene rings is 1. The van der Waals surface area contributed by atoms with E-state index in [1.54, 1.807) is 12.1 Å². The molecule has 1 fully saturated rings. The molecule has 5 heteroatoms. The van der Waals surface area contributed by atoms with Crippen LogP contribution >= 0.6 is 0 Å². The van der Waals surface area contributed by atoms with Crippen molar-refractivity contribution in [3.8, 4) is 0 Å². The summed E-state index contributed by atoms with van der Waals surface area (Å²) < 4.78 is 0. The quantitative estimate of drug-likeness (QED) is 0.669. The van der Waals surface area contributed by atoms with E-state index < -0.39 is 0 Å². The van der Waals surface area contributed by atoms with E-state index in [1.807, 2.05) is 13.0 Å². The van der Waals surface area contributed by atoms with Crippen LogP contribution in [0, 0.1) is 22.0 Å². The minimum Gasteiger partial charge on any atom is -0.385 e. The lowest BCUT2D eigenvalue weighted by molar-refractivity contribution is -0.384. The summed E-state index contributed by atoms with van der Waals surface area (Å²) >= 11 is 0. The first-order valence-corrected chi connectivity index (χ1v) is 6.79. The van der Waals surface area contributed by atoms with Crippen molar-refractivity contribution in [1.29, 1.82) is 0 Å². The van der Waals surface area contributed by atoms with Crippen LogP contribution in [0.1, 0.15) is 20.8 Å². The van der Waals surface area contributed by atoms with Crippen LogP contribution in [0.15, 0.2) is 18.2 Å². The molecule has 0 amide bonds. The van der Waals surface area contributed by atoms with Crippen LogP contribution in [-0.2, 0) is 0 Å². The van der Waals surface area contributed by atoms with Gasteiger partial charge in [0.2, 0.25) is 0 Å². The number of nitrogens with zero attached hydrogens (tertiary/aromatic N) is 2. The molecule has 1 aromatic rings. The molecule has 2 unspecified atom stereocenters. The Morgan fingerprint density at radius 1 is 1.32 bits per heavy atom. The second-order valence-corrected chi connectivity index (χ2v) is 5.39. The number of nitrogens with one attached hydrogen (secondary N) is 1. The average Bonchev–Trinajstić information content (AvgIpc) is 2.70. The summed E-state index contributed by atoms with van der Waals surface area (Å²) in [5, 5.41) is 14.2. The van der Waals surface area contributed by atoms with E-state index in [-0.39, 0.29) is 10.6 Å². The fraction of sp³-hybridized carbons (Fsp3) is 0.571. The molecule has 104 valence electrons. The highest BCUT2D eigenvalue weighted by molar-refractivity contribution is 5.65. The van der Waals surface area contributed by atoms with Gasteiger partial charge >= 0.3 is 0 Å². The maximum absolute atomic E-state index is 11.0. The van der Waals surface area contributed by atoms with Crippen molar-refractivity contribution < 1.29 is 4.92 Å². The molecule has 1 aliphatic rings. The van der Waals surface area contributed by atoms with Crippen molar-refractivity contribution in [2.24, 2.45) is 11.8 Å². The third kappa shape index (κ3) is 2.97. The lowest BCUT2D eigenvalue weighted by Gasteiger charge is -2.19. The van der Waals surface area contributed by atoms with Crippen molar-refractivity contribution in [2.45, 2.75) is 20.8 Å². The number of rotatable bonds is 4. The highest BCUT2D eigenvalue weighted by Crippen LogP contribution is 2.32. The van der Waals surface area contributed by atoms with Crippen LogP contribution in [0.5, 0.6) is 0 Å². The van der Waals surface area contributed by atoms with Crippen molar-refractivity contribution in [3.63, 3.8) is 0 Å². The van der Waals surface area contributed by atoms with Crippen LogP contribution in [-0.4, -0.2) is 24.6 Å². The zero-order valence-electron chi connectivity index (χ0n) is 11.7. The zero-order chi connectivity index (χ0) is 14.0. The Morgan fingerprint density at radius 2 is 1.95 bits per heavy atom. The summed E-state index contributed by atoms with van der Waals surface area (Å²) in [6.45, 7) is 9.13. The number of hydrogen-bond acceptors (Lipinski definition) is 4. The molecule has 1 saturated heterocycles. The highest BCUT2D eigenvalue weighted by Gasteiger charge is 2.27. The molecule has 5 nitrogen and oxygen atoms in total. The molecular formula is C14H21N3O2. The van der Waals surface area contributed by atoms with Crippen molar-refractivity contribution in [2.75, 3.05) is 29.9 Å². The monoisotopic (exact) mass is 263 g/mol. The standard InChI is InChI=1S/C14H21N3O2/c1-4-15-12-5-13(7-14(6-12)17(18)19)16-8-10(2)11(3)9-16/h5-7,10-11,15H,4,8-9H2,1-3H3. The van der Waals surface area contributed by atoms with E-state index in [0.717, 1.165) is 31.0 Å². The molecular weight excluding hydrogens is 242 g/mol. The Labute approximate surface area is 113 Å². The van der Waals surface area contributed by atoms with E-state index in [2.05, 4.69) is 24.1 Å². The first-order valence-electron chi connectivity index (χ1n) is 6.79. The van der Waals surface area contributed by atoms with Gasteiger partial charge in [0, 0.05) is 43.1 Å². The number of nitro benzene ring substituents is 1. The van der Waals surface area contributed by atoms with Crippen molar-refractivity contribution >= 4 is 17.1 Å². The van der Waals surface area contributed by atoms with Gasteiger partial charge in [0.15, 0.2) is 0 Å². The molecule has 1 N–H and O–H groups in total. The molecule has 0 bridgehead atoms. The Bertz CT molecular complexity index is 466. The van der Waals surface area contributed by atoms with Crippen LogP contribution in [0.4, 0.5) is 17.1 Å². The summed E-state index contributed by atoms with van der Waals surface area (Å²) in [6.07, 6.45) is 0. The number of nitro groups is 1. The lowest BCUT2D eigenvalue weighted by atomic mass is 10.0. The van der Waals surface area contributed by atoms with Gasteiger partial charge in [-0.2, -0.15) is 0 Å². The van der Waals surface area contributed by atoms with Crippen molar-refractivity contribution in [3.05, 3.63) is 28.3 Å². The highest BCUT2D eigenvalue weighted by atomic mass is 16.6. The van der Waals surface area contributed by atoms with Crippen LogP contribution in [0.2, 0.25) is 0 Å². The predicted molar refractivity (Wildman–Crippen MR) is 77.8 cm³/mol. The maximum Gasteiger partial charge on any atom is 0.273 e. The fourth-order valence-corrected chi connectivity index (χ4v) is 2.53. The molecule has 0 aliphatic carbocycles. The molecule has 0 aromatic heterocycles. The molecule has 0 saturated carbocycles. The lowest BCUT2D eigenvalue weighted by Crippen LogP contribution is -2.19. The molecule has 1 aromatic carbocycles. The number of non-ortho nitro benzene ring substituents is 1. The van der Waals surface area contributed by atoms with Crippen molar-refractivity contribution in [1.82, 2.24) is 0 Å². The van der Waals surface area contributed by atoms with E-state index in [9.17, 15) is 10.1 Å². The smallest absolute Gasteiger partial charge is 0.273 e. The van der Waals surface area contributed by atoms with E-state index in [0.29, 0.717) is 11.8 Å². The summed E-state index contributed by atoms with van der Waals surface area (Å²) in [6, 6.07) is 5.27. The largest absolute Gasteiger partial charge is 0.385 e. The minimum atomic E-state index is -0.326. The summed E-state index contributed by atoms with van der Waals surface area (Å²) in [5.74, 6) is 1.25. The van der Waals surface area contributed by atoms with E-state index in [4.69, 9.17) is 0 Å². The predicted octanol–water partition coefficient (Wildman–Crippen LogP) is 3.12. The molecule has 2 atom stereocenters. The van der Waals surface area contributed by atoms with E-state index >= 15 is 0 Å². The summed E-state index contributed by atoms with van der Waals surface area (Å²) in [7, 11) is 0. The van der Waals surface area contributed by atoms with Gasteiger partial charge in [0.25, 0.3) is 5.69 Å². The molecule has 1 heterocycles. The minimum absolute atomic E-state index is 0.153. The van der Waals surface area contributed by atoms with Crippen LogP contribution < -0.4 is 10.2 Å². The maximum atomic E-state index is 11.0. The molecule has 0 spiro atoms. The van der Waals surface area contributed by atoms with E-state index in [1.165, 1.54) is 0 Å². The SMILES string of the molecule is CCNc1cc(N2CC(C)C(C)C2)cc([N+](=O)[O-])c1. The Balaban J connectivity index is 2.31. The molecule has 2 rings (SSSR count). The third-order valence-electron chi connectivity index (χ3n) is 3.85. The second kappa shape index (κ2) is 5.47. The van der Waals surface area contributed by atoms with Gasteiger partial charge in [-0.3, -0.25) is 10.1 Å². The van der Waals surface area contributed by atoms with Gasteiger partial charge in [-0.05, 0) is 24.8 Å². The van der Waals surface area contributed by atoms with Gasteiger partial charge < -0.3 is 10.2 Å². The zero-order valence-corrected chi connectivity index (χ0v) is 11.7. The Morgan fingerprint density at radius 3 is 2.47 bits per heavy atom. The molecule has 0 radical (unpaired) electrons. The van der Waals surface area contributed by atoms with Gasteiger partial charge in [-0.1, -0.05) is 13.8 Å². The Kier molecular flexibility index (Phi) is 3.93. The first-order chi connectivity index (χ1) is 9.01. The van der Waals surface area contributed by atoms with Crippen LogP contribution in [0.25, 0.3) is 0 Å². The average molecular weight is 263 g/mol. The third-order valence-corrected chi connectivity index (χ3v) is 3.85. The molecule has 1 aliphatic heterocycles. The second-order valence-electron chi connectivity index (χ2n) is 5.39. The Hall–Kier alpha value is -1.78. The fourth-order valence-electron chi connectivity index (χ4n) is 2.53. The normalized spacial score (nSPS) is 22.6. The number of anilines is 2. The van der Waals surface area contributed by atoms with Gasteiger partial charge in [-0.25, -0.2) is 0 Å². The van der Waals surface area contributed by atoms with Gasteiger partial charge in [-0.15, -0.1) is 0 Å². The van der Waals surface area contributed by atoms with Gasteiger partial charge in [0.05, 0.1) is 4.92 Å². The summed E-state index contributed by atoms with van der Waals surface area (Å²) in [4.78, 5) is 12.9. The summed E-state index contributed by atoms with van der Waals surface area (Å²) in [5.41, 5.74) is 1.92. The first kappa shape index (κ1) is 13.6. The van der Waals surface area contributed by atoms with Crippen LogP contribution in [0.3, 0.4) is 0 Å².